The first-order valence-electron chi connectivity index (χ1n) is 6.52. The van der Waals surface area contributed by atoms with Crippen molar-refractivity contribution in [1.82, 2.24) is 5.32 Å². The zero-order valence-corrected chi connectivity index (χ0v) is 12.7. The molecule has 0 aromatic heterocycles. The lowest BCUT2D eigenvalue weighted by molar-refractivity contribution is 0.0948. The molecule has 1 fully saturated rings. The third-order valence-corrected chi connectivity index (χ3v) is 5.69. The fourth-order valence-corrected chi connectivity index (χ4v) is 4.60. The van der Waals surface area contributed by atoms with Gasteiger partial charge in [-0.25, -0.2) is 8.42 Å². The molecular formula is C13H14ClNO5S. The Labute approximate surface area is 127 Å². The monoisotopic (exact) mass is 331 g/mol. The summed E-state index contributed by atoms with van der Waals surface area (Å²) in [5.74, 6) is 0.882. The van der Waals surface area contributed by atoms with Crippen molar-refractivity contribution in [1.29, 1.82) is 0 Å². The van der Waals surface area contributed by atoms with E-state index in [-0.39, 0.29) is 30.1 Å². The summed E-state index contributed by atoms with van der Waals surface area (Å²) in [6.07, 6.45) is 0.588. The number of carbonyl (C=O) groups is 1. The lowest BCUT2D eigenvalue weighted by atomic mass is 10.1. The quantitative estimate of drug-likeness (QED) is 0.901. The second-order valence-electron chi connectivity index (χ2n) is 5.17. The number of fused-ring (bicyclic) bond motifs is 1. The van der Waals surface area contributed by atoms with Gasteiger partial charge in [0.2, 0.25) is 6.79 Å². The molecule has 0 bridgehead atoms. The highest BCUT2D eigenvalue weighted by atomic mass is 35.5. The highest BCUT2D eigenvalue weighted by Gasteiger charge is 2.28. The van der Waals surface area contributed by atoms with Crippen molar-refractivity contribution in [3.8, 4) is 11.5 Å². The number of sulfone groups is 1. The molecule has 1 saturated heterocycles. The average Bonchev–Trinajstić information content (AvgIpc) is 3.02. The van der Waals surface area contributed by atoms with Gasteiger partial charge in [0.1, 0.15) is 0 Å². The molecule has 3 rings (SSSR count). The van der Waals surface area contributed by atoms with Crippen LogP contribution in [0.15, 0.2) is 12.1 Å². The standard InChI is InChI=1S/C13H14ClNO5S/c14-10-3-9(4-11-12(10)20-7-19-11)13(16)15-5-8-1-2-21(17,18)6-8/h3-4,8H,1-2,5-7H2,(H,15,16). The van der Waals surface area contributed by atoms with Gasteiger partial charge in [-0.3, -0.25) is 4.79 Å². The molecule has 0 spiro atoms. The van der Waals surface area contributed by atoms with Crippen molar-refractivity contribution in [3.05, 3.63) is 22.7 Å². The minimum atomic E-state index is -2.93. The van der Waals surface area contributed by atoms with E-state index in [1.165, 1.54) is 6.07 Å². The first kappa shape index (κ1) is 14.5. The number of hydrogen-bond acceptors (Lipinski definition) is 5. The smallest absolute Gasteiger partial charge is 0.251 e. The van der Waals surface area contributed by atoms with Gasteiger partial charge in [-0.15, -0.1) is 0 Å². The summed E-state index contributed by atoms with van der Waals surface area (Å²) in [6, 6.07) is 3.07. The molecule has 1 aromatic carbocycles. The molecule has 1 amide bonds. The molecule has 6 nitrogen and oxygen atoms in total. The number of nitrogens with one attached hydrogen (secondary N) is 1. The van der Waals surface area contributed by atoms with Crippen LogP contribution in [0.5, 0.6) is 11.5 Å². The van der Waals surface area contributed by atoms with E-state index < -0.39 is 9.84 Å². The molecule has 1 unspecified atom stereocenters. The van der Waals surface area contributed by atoms with Crippen LogP contribution in [0.25, 0.3) is 0 Å². The molecule has 1 aromatic rings. The summed E-state index contributed by atoms with van der Waals surface area (Å²) in [6.45, 7) is 0.421. The molecule has 1 N–H and O–H groups in total. The number of amides is 1. The zero-order valence-electron chi connectivity index (χ0n) is 11.1. The number of carbonyl (C=O) groups excluding carboxylic acids is 1. The summed E-state index contributed by atoms with van der Waals surface area (Å²) >= 11 is 6.02. The molecule has 114 valence electrons. The van der Waals surface area contributed by atoms with Crippen LogP contribution < -0.4 is 14.8 Å². The molecule has 8 heteroatoms. The Bertz CT molecular complexity index is 688. The maximum atomic E-state index is 12.1. The van der Waals surface area contributed by atoms with Gasteiger partial charge in [0.05, 0.1) is 16.5 Å². The van der Waals surface area contributed by atoms with Crippen molar-refractivity contribution < 1.29 is 22.7 Å². The lowest BCUT2D eigenvalue weighted by Gasteiger charge is -2.10. The van der Waals surface area contributed by atoms with E-state index in [9.17, 15) is 13.2 Å². The van der Waals surface area contributed by atoms with Crippen LogP contribution >= 0.6 is 11.6 Å². The van der Waals surface area contributed by atoms with Gasteiger partial charge in [0.15, 0.2) is 21.3 Å². The summed E-state index contributed by atoms with van der Waals surface area (Å²) in [5, 5.41) is 3.06. The predicted molar refractivity (Wildman–Crippen MR) is 76.7 cm³/mol. The van der Waals surface area contributed by atoms with E-state index in [4.69, 9.17) is 21.1 Å². The molecule has 0 aliphatic carbocycles. The van der Waals surface area contributed by atoms with E-state index in [1.807, 2.05) is 0 Å². The number of rotatable bonds is 3. The van der Waals surface area contributed by atoms with Gasteiger partial charge in [0, 0.05) is 12.1 Å². The minimum absolute atomic E-state index is 0.0246. The summed E-state index contributed by atoms with van der Waals surface area (Å²) in [5.41, 5.74) is 0.366. The fraction of sp³-hybridized carbons (Fsp3) is 0.462. The number of hydrogen-bond donors (Lipinski definition) is 1. The molecule has 2 heterocycles. The van der Waals surface area contributed by atoms with Crippen molar-refractivity contribution in [2.45, 2.75) is 6.42 Å². The van der Waals surface area contributed by atoms with E-state index in [2.05, 4.69) is 5.32 Å². The highest BCUT2D eigenvalue weighted by Crippen LogP contribution is 2.39. The molecule has 0 saturated carbocycles. The maximum absolute atomic E-state index is 12.1. The molecule has 21 heavy (non-hydrogen) atoms. The molecule has 2 aliphatic rings. The average molecular weight is 332 g/mol. The van der Waals surface area contributed by atoms with Crippen molar-refractivity contribution in [2.75, 3.05) is 24.8 Å². The Morgan fingerprint density at radius 1 is 1.38 bits per heavy atom. The van der Waals surface area contributed by atoms with Crippen LogP contribution in [-0.4, -0.2) is 39.2 Å². The summed E-state index contributed by atoms with van der Waals surface area (Å²) in [4.78, 5) is 12.1. The van der Waals surface area contributed by atoms with Crippen molar-refractivity contribution >= 4 is 27.3 Å². The van der Waals surface area contributed by atoms with Crippen LogP contribution in [0.4, 0.5) is 0 Å². The van der Waals surface area contributed by atoms with Crippen molar-refractivity contribution in [3.63, 3.8) is 0 Å². The minimum Gasteiger partial charge on any atom is -0.454 e. The van der Waals surface area contributed by atoms with Crippen LogP contribution in [0.3, 0.4) is 0 Å². The lowest BCUT2D eigenvalue weighted by Crippen LogP contribution is -2.29. The normalized spacial score (nSPS) is 22.2. The molecule has 0 radical (unpaired) electrons. The summed E-state index contributed by atoms with van der Waals surface area (Å²) in [7, 11) is -2.93. The number of benzene rings is 1. The van der Waals surface area contributed by atoms with Gasteiger partial charge < -0.3 is 14.8 Å². The Kier molecular flexibility index (Phi) is 3.71. The van der Waals surface area contributed by atoms with Gasteiger partial charge in [-0.1, -0.05) is 11.6 Å². The second-order valence-corrected chi connectivity index (χ2v) is 7.81. The largest absolute Gasteiger partial charge is 0.454 e. The second kappa shape index (κ2) is 5.38. The third kappa shape index (κ3) is 3.08. The Morgan fingerprint density at radius 3 is 2.90 bits per heavy atom. The first-order chi connectivity index (χ1) is 9.94. The number of ether oxygens (including phenoxy) is 2. The topological polar surface area (TPSA) is 81.7 Å². The Hall–Kier alpha value is -1.47. The van der Waals surface area contributed by atoms with E-state index in [0.29, 0.717) is 35.1 Å². The first-order valence-corrected chi connectivity index (χ1v) is 8.72. The van der Waals surface area contributed by atoms with Crippen molar-refractivity contribution in [2.24, 2.45) is 5.92 Å². The Balaban J connectivity index is 1.65. The maximum Gasteiger partial charge on any atom is 0.251 e. The highest BCUT2D eigenvalue weighted by molar-refractivity contribution is 7.91. The third-order valence-electron chi connectivity index (χ3n) is 3.57. The van der Waals surface area contributed by atoms with Crippen LogP contribution in [0.1, 0.15) is 16.8 Å². The van der Waals surface area contributed by atoms with Gasteiger partial charge in [0.25, 0.3) is 5.91 Å². The summed E-state index contributed by atoms with van der Waals surface area (Å²) < 4.78 is 33.1. The van der Waals surface area contributed by atoms with Gasteiger partial charge in [-0.2, -0.15) is 0 Å². The zero-order chi connectivity index (χ0) is 15.0. The number of halogens is 1. The SMILES string of the molecule is O=C(NCC1CCS(=O)(=O)C1)c1cc(Cl)c2c(c1)OCO2. The van der Waals surface area contributed by atoms with Crippen LogP contribution in [0.2, 0.25) is 5.02 Å². The fourth-order valence-electron chi connectivity index (χ4n) is 2.47. The van der Waals surface area contributed by atoms with E-state index in [0.717, 1.165) is 0 Å². The van der Waals surface area contributed by atoms with Crippen LogP contribution in [-0.2, 0) is 9.84 Å². The predicted octanol–water partition coefficient (Wildman–Crippen LogP) is 1.23. The molecular weight excluding hydrogens is 318 g/mol. The van der Waals surface area contributed by atoms with E-state index >= 15 is 0 Å². The Morgan fingerprint density at radius 2 is 2.19 bits per heavy atom. The van der Waals surface area contributed by atoms with Gasteiger partial charge in [-0.05, 0) is 24.5 Å². The van der Waals surface area contributed by atoms with Crippen LogP contribution in [0, 0.1) is 5.92 Å². The molecule has 1 atom stereocenters. The molecule has 2 aliphatic heterocycles. The van der Waals surface area contributed by atoms with E-state index in [1.54, 1.807) is 6.07 Å². The van der Waals surface area contributed by atoms with Gasteiger partial charge >= 0.3 is 0 Å².